The first kappa shape index (κ1) is 15.8. The second-order valence-electron chi connectivity index (χ2n) is 4.45. The minimum atomic E-state index is 0.216. The molecule has 0 spiro atoms. The number of benzene rings is 1. The van der Waals surface area contributed by atoms with Gasteiger partial charge in [0.2, 0.25) is 0 Å². The van der Waals surface area contributed by atoms with Gasteiger partial charge in [-0.1, -0.05) is 15.9 Å². The molecule has 1 unspecified atom stereocenters. The van der Waals surface area contributed by atoms with Gasteiger partial charge in [-0.05, 0) is 50.9 Å². The van der Waals surface area contributed by atoms with Gasteiger partial charge in [-0.2, -0.15) is 0 Å². The van der Waals surface area contributed by atoms with Crippen LogP contribution in [0.4, 0.5) is 0 Å². The summed E-state index contributed by atoms with van der Waals surface area (Å²) < 4.78 is 6.78. The molecule has 0 fully saturated rings. The molecule has 0 heterocycles. The second-order valence-corrected chi connectivity index (χ2v) is 5.63. The lowest BCUT2D eigenvalue weighted by atomic mass is 9.93. The number of hydrogen-bond donors (Lipinski definition) is 1. The Labute approximate surface area is 123 Å². The fourth-order valence-electron chi connectivity index (χ4n) is 2.33. The fraction of sp³-hybridized carbons (Fsp3) is 0.571. The Hall–Kier alpha value is -0.250. The van der Waals surface area contributed by atoms with Crippen LogP contribution in [-0.4, -0.2) is 20.0 Å². The molecule has 0 aliphatic carbocycles. The monoisotopic (exact) mass is 333 g/mol. The van der Waals surface area contributed by atoms with Crippen molar-refractivity contribution in [1.29, 1.82) is 0 Å². The van der Waals surface area contributed by atoms with Crippen molar-refractivity contribution in [3.05, 3.63) is 26.7 Å². The van der Waals surface area contributed by atoms with E-state index in [-0.39, 0.29) is 6.04 Å². The summed E-state index contributed by atoms with van der Waals surface area (Å²) in [7, 11) is 3.69. The molecule has 2 nitrogen and oxygen atoms in total. The van der Waals surface area contributed by atoms with Crippen LogP contribution < -0.4 is 10.1 Å². The Bertz CT molecular complexity index is 435. The molecule has 102 valence electrons. The average molecular weight is 335 g/mol. The molecule has 0 aliphatic heterocycles. The summed E-state index contributed by atoms with van der Waals surface area (Å²) in [6.07, 6.45) is 0.879. The van der Waals surface area contributed by atoms with Crippen LogP contribution in [0.25, 0.3) is 0 Å². The van der Waals surface area contributed by atoms with Gasteiger partial charge in [0.05, 0.1) is 7.11 Å². The third-order valence-corrected chi connectivity index (χ3v) is 4.92. The van der Waals surface area contributed by atoms with Crippen molar-refractivity contribution >= 4 is 27.5 Å². The zero-order valence-electron chi connectivity index (χ0n) is 11.7. The standard InChI is InChI=1S/C14H21BrClNO/c1-8-9(2)14(18-5)12(10(3)13(8)15)11(17-4)6-7-16/h11,17H,6-7H2,1-5H3. The lowest BCUT2D eigenvalue weighted by Crippen LogP contribution is -2.20. The molecule has 1 N–H and O–H groups in total. The molecule has 0 aromatic heterocycles. The average Bonchev–Trinajstić information content (AvgIpc) is 2.38. The van der Waals surface area contributed by atoms with E-state index in [1.54, 1.807) is 7.11 Å². The maximum Gasteiger partial charge on any atom is 0.127 e. The van der Waals surface area contributed by atoms with E-state index < -0.39 is 0 Å². The summed E-state index contributed by atoms with van der Waals surface area (Å²) in [4.78, 5) is 0. The van der Waals surface area contributed by atoms with Crippen LogP contribution >= 0.6 is 27.5 Å². The lowest BCUT2D eigenvalue weighted by Gasteiger charge is -2.24. The number of alkyl halides is 1. The fourth-order valence-corrected chi connectivity index (χ4v) is 3.06. The van der Waals surface area contributed by atoms with E-state index in [4.69, 9.17) is 16.3 Å². The largest absolute Gasteiger partial charge is 0.496 e. The van der Waals surface area contributed by atoms with Gasteiger partial charge in [0.25, 0.3) is 0 Å². The van der Waals surface area contributed by atoms with E-state index in [2.05, 4.69) is 42.0 Å². The van der Waals surface area contributed by atoms with Crippen molar-refractivity contribution in [3.8, 4) is 5.75 Å². The highest BCUT2D eigenvalue weighted by Gasteiger charge is 2.22. The predicted molar refractivity (Wildman–Crippen MR) is 82.0 cm³/mol. The number of nitrogens with one attached hydrogen (secondary N) is 1. The van der Waals surface area contributed by atoms with Gasteiger partial charge in [0.15, 0.2) is 0 Å². The second kappa shape index (κ2) is 6.78. The topological polar surface area (TPSA) is 21.3 Å². The molecule has 0 radical (unpaired) electrons. The summed E-state index contributed by atoms with van der Waals surface area (Å²) in [6, 6.07) is 0.216. The van der Waals surface area contributed by atoms with Gasteiger partial charge in [-0.3, -0.25) is 0 Å². The van der Waals surface area contributed by atoms with E-state index in [0.717, 1.165) is 16.6 Å². The van der Waals surface area contributed by atoms with Crippen LogP contribution in [0.3, 0.4) is 0 Å². The van der Waals surface area contributed by atoms with Gasteiger partial charge < -0.3 is 10.1 Å². The smallest absolute Gasteiger partial charge is 0.127 e. The van der Waals surface area contributed by atoms with E-state index in [1.807, 2.05) is 7.05 Å². The number of hydrogen-bond acceptors (Lipinski definition) is 2. The molecule has 0 bridgehead atoms. The highest BCUT2D eigenvalue weighted by Crippen LogP contribution is 2.40. The summed E-state index contributed by atoms with van der Waals surface area (Å²) >= 11 is 9.57. The number of rotatable bonds is 5. The van der Waals surface area contributed by atoms with Crippen LogP contribution in [0, 0.1) is 20.8 Å². The summed E-state index contributed by atoms with van der Waals surface area (Å²) in [5.74, 6) is 1.59. The van der Waals surface area contributed by atoms with E-state index in [9.17, 15) is 0 Å². The predicted octanol–water partition coefficient (Wildman–Crippen LogP) is 4.27. The maximum atomic E-state index is 5.89. The van der Waals surface area contributed by atoms with E-state index in [0.29, 0.717) is 5.88 Å². The minimum absolute atomic E-state index is 0.216. The van der Waals surface area contributed by atoms with Crippen LogP contribution in [0.5, 0.6) is 5.75 Å². The lowest BCUT2D eigenvalue weighted by molar-refractivity contribution is 0.396. The molecule has 0 saturated carbocycles. The Balaban J connectivity index is 3.49. The van der Waals surface area contributed by atoms with E-state index >= 15 is 0 Å². The van der Waals surface area contributed by atoms with Gasteiger partial charge in [-0.25, -0.2) is 0 Å². The molecule has 18 heavy (non-hydrogen) atoms. The van der Waals surface area contributed by atoms with Crippen molar-refractivity contribution in [3.63, 3.8) is 0 Å². The Morgan fingerprint density at radius 3 is 2.28 bits per heavy atom. The van der Waals surface area contributed by atoms with E-state index in [1.165, 1.54) is 22.3 Å². The third kappa shape index (κ3) is 2.84. The first-order valence-electron chi connectivity index (χ1n) is 6.05. The number of methoxy groups -OCH3 is 1. The summed E-state index contributed by atoms with van der Waals surface area (Å²) in [6.45, 7) is 6.32. The molecule has 0 aliphatic rings. The van der Waals surface area contributed by atoms with Gasteiger partial charge in [0.1, 0.15) is 5.75 Å². The zero-order chi connectivity index (χ0) is 13.9. The van der Waals surface area contributed by atoms with Crippen LogP contribution in [-0.2, 0) is 0 Å². The highest BCUT2D eigenvalue weighted by molar-refractivity contribution is 9.10. The molecule has 1 aromatic carbocycles. The molecule has 1 aromatic rings. The molecule has 1 rings (SSSR count). The first-order chi connectivity index (χ1) is 8.49. The molecule has 0 amide bonds. The minimum Gasteiger partial charge on any atom is -0.496 e. The quantitative estimate of drug-likeness (QED) is 0.812. The number of halogens is 2. The molecule has 4 heteroatoms. The van der Waals surface area contributed by atoms with Gasteiger partial charge in [0, 0.05) is 22.0 Å². The Morgan fingerprint density at radius 1 is 1.22 bits per heavy atom. The highest BCUT2D eigenvalue weighted by atomic mass is 79.9. The van der Waals surface area contributed by atoms with Gasteiger partial charge >= 0.3 is 0 Å². The molecular formula is C14H21BrClNO. The van der Waals surface area contributed by atoms with Crippen molar-refractivity contribution < 1.29 is 4.74 Å². The summed E-state index contributed by atoms with van der Waals surface area (Å²) in [5, 5.41) is 3.32. The molecular weight excluding hydrogens is 314 g/mol. The van der Waals surface area contributed by atoms with Crippen molar-refractivity contribution in [2.75, 3.05) is 20.0 Å². The van der Waals surface area contributed by atoms with Crippen LogP contribution in [0.1, 0.15) is 34.7 Å². The van der Waals surface area contributed by atoms with Crippen molar-refractivity contribution in [2.45, 2.75) is 33.2 Å². The third-order valence-electron chi connectivity index (χ3n) is 3.51. The normalized spacial score (nSPS) is 12.6. The molecule has 0 saturated heterocycles. The van der Waals surface area contributed by atoms with Crippen LogP contribution in [0.2, 0.25) is 0 Å². The van der Waals surface area contributed by atoms with Gasteiger partial charge in [-0.15, -0.1) is 11.6 Å². The maximum absolute atomic E-state index is 5.89. The Morgan fingerprint density at radius 2 is 1.83 bits per heavy atom. The molecule has 1 atom stereocenters. The SMILES string of the molecule is CNC(CCCl)c1c(C)c(Br)c(C)c(C)c1OC. The zero-order valence-corrected chi connectivity index (χ0v) is 14.0. The van der Waals surface area contributed by atoms with Crippen molar-refractivity contribution in [1.82, 2.24) is 5.32 Å². The summed E-state index contributed by atoms with van der Waals surface area (Å²) in [5.41, 5.74) is 4.84. The Kier molecular flexibility index (Phi) is 5.96. The van der Waals surface area contributed by atoms with Crippen LogP contribution in [0.15, 0.2) is 4.47 Å². The first-order valence-corrected chi connectivity index (χ1v) is 7.38. The van der Waals surface area contributed by atoms with Crippen molar-refractivity contribution in [2.24, 2.45) is 0 Å². The number of ether oxygens (including phenoxy) is 1.